The molecule has 3 amide bonds. The molecule has 1 heterocycles. The number of rotatable bonds is 6. The Bertz CT molecular complexity index is 1020. The molecule has 0 saturated carbocycles. The van der Waals surface area contributed by atoms with Crippen molar-refractivity contribution in [2.75, 3.05) is 6.54 Å². The number of hydrogen-bond donors (Lipinski definition) is 1. The topological polar surface area (TPSA) is 92.9 Å². The lowest BCUT2D eigenvalue weighted by molar-refractivity contribution is -0.126. The van der Waals surface area contributed by atoms with Gasteiger partial charge in [-0.25, -0.2) is 20.0 Å². The maximum atomic E-state index is 13.4. The Balaban J connectivity index is 1.76. The van der Waals surface area contributed by atoms with Crippen LogP contribution >= 0.6 is 0 Å². The first-order chi connectivity index (χ1) is 15.2. The van der Waals surface area contributed by atoms with E-state index in [0.717, 1.165) is 11.1 Å². The zero-order valence-corrected chi connectivity index (χ0v) is 18.1. The number of benzene rings is 2. The van der Waals surface area contributed by atoms with Gasteiger partial charge in [0.1, 0.15) is 11.4 Å². The zero-order valence-electron chi connectivity index (χ0n) is 18.1. The molecule has 0 spiro atoms. The van der Waals surface area contributed by atoms with Crippen LogP contribution in [0.1, 0.15) is 54.2 Å². The Kier molecular flexibility index (Phi) is 6.74. The summed E-state index contributed by atoms with van der Waals surface area (Å²) in [7, 11) is 0. The predicted octanol–water partition coefficient (Wildman–Crippen LogP) is 4.06. The molecule has 2 atom stereocenters. The van der Waals surface area contributed by atoms with Crippen molar-refractivity contribution in [2.45, 2.75) is 38.3 Å². The second-order valence-electron chi connectivity index (χ2n) is 7.80. The fourth-order valence-electron chi connectivity index (χ4n) is 3.84. The van der Waals surface area contributed by atoms with Crippen LogP contribution in [-0.4, -0.2) is 34.4 Å². The van der Waals surface area contributed by atoms with Gasteiger partial charge in [-0.05, 0) is 42.3 Å². The van der Waals surface area contributed by atoms with Crippen LogP contribution in [0.5, 0.6) is 0 Å². The number of amides is 3. The molecule has 7 nitrogen and oxygen atoms in total. The van der Waals surface area contributed by atoms with Gasteiger partial charge in [0.25, 0.3) is 5.91 Å². The van der Waals surface area contributed by atoms with Crippen LogP contribution in [0.25, 0.3) is 0 Å². The molecule has 3 rings (SSSR count). The number of carbonyl (C=O) groups excluding carboxylic acids is 3. The first kappa shape index (κ1) is 23.1. The second-order valence-corrected chi connectivity index (χ2v) is 7.80. The Morgan fingerprint density at radius 1 is 1.25 bits per heavy atom. The van der Waals surface area contributed by atoms with Gasteiger partial charge in [0.05, 0.1) is 6.04 Å². The van der Waals surface area contributed by atoms with E-state index in [-0.39, 0.29) is 17.4 Å². The minimum Gasteiger partial charge on any atom is -0.437 e. The number of carbonyl (C=O) groups is 3. The Labute approximate surface area is 186 Å². The van der Waals surface area contributed by atoms with Gasteiger partial charge in [0.2, 0.25) is 5.91 Å². The van der Waals surface area contributed by atoms with E-state index in [1.54, 1.807) is 47.4 Å². The van der Waals surface area contributed by atoms with Gasteiger partial charge in [-0.15, -0.1) is 6.58 Å². The van der Waals surface area contributed by atoms with E-state index < -0.39 is 23.5 Å². The second kappa shape index (κ2) is 9.32. The fourth-order valence-corrected chi connectivity index (χ4v) is 3.84. The average Bonchev–Trinajstić information content (AvgIpc) is 2.78. The van der Waals surface area contributed by atoms with Crippen LogP contribution in [0.3, 0.4) is 0 Å². The van der Waals surface area contributed by atoms with Gasteiger partial charge < -0.3 is 9.64 Å². The smallest absolute Gasteiger partial charge is 0.411 e. The predicted molar refractivity (Wildman–Crippen MR) is 117 cm³/mol. The highest BCUT2D eigenvalue weighted by Gasteiger charge is 2.42. The number of nitrogens with zero attached hydrogens (tertiary/aromatic N) is 2. The molecule has 8 heteroatoms. The molecule has 0 unspecified atom stereocenters. The van der Waals surface area contributed by atoms with Gasteiger partial charge in [-0.3, -0.25) is 9.59 Å². The number of hydrogen-bond acceptors (Lipinski definition) is 5. The molecule has 32 heavy (non-hydrogen) atoms. The summed E-state index contributed by atoms with van der Waals surface area (Å²) in [5.41, 5.74) is 0.888. The molecule has 0 bridgehead atoms. The monoisotopic (exact) mass is 439 g/mol. The normalized spacial score (nSPS) is 19.1. The third-order valence-corrected chi connectivity index (χ3v) is 5.78. The number of halogens is 1. The maximum absolute atomic E-state index is 13.4. The van der Waals surface area contributed by atoms with Crippen LogP contribution in [-0.2, 0) is 15.1 Å². The number of ether oxygens (including phenoxy) is 1. The number of hydrazine groups is 1. The summed E-state index contributed by atoms with van der Waals surface area (Å²) in [6.07, 6.45) is 2.13. The lowest BCUT2D eigenvalue weighted by Crippen LogP contribution is -2.48. The van der Waals surface area contributed by atoms with Crippen LogP contribution in [0.15, 0.2) is 61.2 Å². The largest absolute Gasteiger partial charge is 0.437 e. The minimum atomic E-state index is -0.893. The van der Waals surface area contributed by atoms with Crippen molar-refractivity contribution in [1.29, 1.82) is 0 Å². The van der Waals surface area contributed by atoms with E-state index in [9.17, 15) is 18.8 Å². The van der Waals surface area contributed by atoms with Crippen molar-refractivity contribution in [2.24, 2.45) is 5.84 Å². The summed E-state index contributed by atoms with van der Waals surface area (Å²) in [5.74, 6) is 3.94. The van der Waals surface area contributed by atoms with Crippen molar-refractivity contribution < 1.29 is 23.5 Å². The average molecular weight is 439 g/mol. The Hall–Kier alpha value is -3.52. The van der Waals surface area contributed by atoms with Crippen LogP contribution in [0.2, 0.25) is 0 Å². The van der Waals surface area contributed by atoms with E-state index >= 15 is 0 Å². The SMILES string of the molecule is C=CC[C@]1(c2ccc(F)cc2)CCN([C@@H](C)c2ccc(C(=O)N(N)C(C)=O)cc2)C(=O)O1. The standard InChI is InChI=1S/C24H26FN3O4/c1-4-13-24(20-9-11-21(25)12-10-20)14-15-27(23(31)32-24)16(2)18-5-7-19(8-6-18)22(30)28(26)17(3)29/h4-12,16H,1,13-15,26H2,2-3H3/t16-,24+/m0/s1. The van der Waals surface area contributed by atoms with Gasteiger partial charge in [-0.2, -0.15) is 0 Å². The van der Waals surface area contributed by atoms with Gasteiger partial charge in [-0.1, -0.05) is 30.3 Å². The van der Waals surface area contributed by atoms with E-state index in [2.05, 4.69) is 6.58 Å². The molecule has 2 N–H and O–H groups in total. The molecule has 168 valence electrons. The molecule has 0 aliphatic carbocycles. The van der Waals surface area contributed by atoms with Gasteiger partial charge in [0, 0.05) is 31.9 Å². The van der Waals surface area contributed by atoms with E-state index in [1.165, 1.54) is 19.1 Å². The van der Waals surface area contributed by atoms with Crippen molar-refractivity contribution in [1.82, 2.24) is 9.91 Å². The summed E-state index contributed by atoms with van der Waals surface area (Å²) in [6.45, 7) is 7.26. The highest BCUT2D eigenvalue weighted by atomic mass is 19.1. The summed E-state index contributed by atoms with van der Waals surface area (Å²) < 4.78 is 19.3. The first-order valence-electron chi connectivity index (χ1n) is 10.2. The third-order valence-electron chi connectivity index (χ3n) is 5.78. The highest BCUT2D eigenvalue weighted by molar-refractivity contribution is 6.03. The lowest BCUT2D eigenvalue weighted by atomic mass is 9.85. The molecular formula is C24H26FN3O4. The number of cyclic esters (lactones) is 1. The lowest BCUT2D eigenvalue weighted by Gasteiger charge is -2.43. The summed E-state index contributed by atoms with van der Waals surface area (Å²) in [6, 6.07) is 12.2. The highest BCUT2D eigenvalue weighted by Crippen LogP contribution is 2.39. The maximum Gasteiger partial charge on any atom is 0.411 e. The van der Waals surface area contributed by atoms with Crippen LogP contribution in [0, 0.1) is 5.82 Å². The molecule has 1 saturated heterocycles. The Morgan fingerprint density at radius 3 is 2.41 bits per heavy atom. The quantitative estimate of drug-likeness (QED) is 0.317. The van der Waals surface area contributed by atoms with Crippen molar-refractivity contribution in [3.05, 3.63) is 83.7 Å². The number of imide groups is 1. The van der Waals surface area contributed by atoms with Crippen LogP contribution in [0.4, 0.5) is 9.18 Å². The number of nitrogens with two attached hydrogens (primary N) is 1. The minimum absolute atomic E-state index is 0.265. The van der Waals surface area contributed by atoms with Crippen LogP contribution < -0.4 is 5.84 Å². The molecule has 2 aromatic carbocycles. The summed E-state index contributed by atoms with van der Waals surface area (Å²) in [4.78, 5) is 38.0. The Morgan fingerprint density at radius 2 is 1.88 bits per heavy atom. The summed E-state index contributed by atoms with van der Waals surface area (Å²) >= 11 is 0. The van der Waals surface area contributed by atoms with Crippen molar-refractivity contribution in [3.63, 3.8) is 0 Å². The van der Waals surface area contributed by atoms with Gasteiger partial charge >= 0.3 is 6.09 Å². The third kappa shape index (κ3) is 4.55. The van der Waals surface area contributed by atoms with E-state index in [4.69, 9.17) is 10.6 Å². The van der Waals surface area contributed by atoms with E-state index in [0.29, 0.717) is 24.4 Å². The van der Waals surface area contributed by atoms with Crippen molar-refractivity contribution >= 4 is 17.9 Å². The zero-order chi connectivity index (χ0) is 23.5. The summed E-state index contributed by atoms with van der Waals surface area (Å²) in [5, 5.41) is 0.551. The van der Waals surface area contributed by atoms with Crippen molar-refractivity contribution in [3.8, 4) is 0 Å². The van der Waals surface area contributed by atoms with Gasteiger partial charge in [0.15, 0.2) is 0 Å². The molecule has 0 aromatic heterocycles. The molecule has 1 fully saturated rings. The molecule has 1 aliphatic rings. The molecule has 0 radical (unpaired) electrons. The molecule has 1 aliphatic heterocycles. The fraction of sp³-hybridized carbons (Fsp3) is 0.292. The molecular weight excluding hydrogens is 413 g/mol. The first-order valence-corrected chi connectivity index (χ1v) is 10.2. The van der Waals surface area contributed by atoms with E-state index in [1.807, 2.05) is 6.92 Å². The molecule has 2 aromatic rings.